The molecule has 29 heavy (non-hydrogen) atoms. The maximum absolute atomic E-state index is 10.1. The van der Waals surface area contributed by atoms with E-state index < -0.39 is 18.0 Å². The van der Waals surface area contributed by atoms with Crippen molar-refractivity contribution in [2.75, 3.05) is 26.2 Å². The maximum Gasteiger partial charge on any atom is 0.414 e. The minimum Gasteiger partial charge on any atom is -0.473 e. The molecule has 3 heterocycles. The number of aliphatic hydroxyl groups is 1. The zero-order valence-electron chi connectivity index (χ0n) is 15.8. The SMILES string of the molecule is O=C(O)C(=O)O.OC(CON=C(c1ccsc1)c1ccsc1)CN1CCCCC1. The van der Waals surface area contributed by atoms with Crippen LogP contribution in [-0.4, -0.2) is 70.2 Å². The number of nitrogens with zero attached hydrogens (tertiary/aromatic N) is 2. The van der Waals surface area contributed by atoms with Crippen molar-refractivity contribution < 1.29 is 29.7 Å². The second-order valence-corrected chi connectivity index (χ2v) is 7.95. The molecular weight excluding hydrogens is 416 g/mol. The van der Waals surface area contributed by atoms with Crippen molar-refractivity contribution in [1.29, 1.82) is 0 Å². The minimum absolute atomic E-state index is 0.230. The van der Waals surface area contributed by atoms with E-state index in [9.17, 15) is 5.11 Å². The molecule has 1 atom stereocenters. The van der Waals surface area contributed by atoms with Crippen LogP contribution < -0.4 is 0 Å². The van der Waals surface area contributed by atoms with Gasteiger partial charge in [0, 0.05) is 28.4 Å². The van der Waals surface area contributed by atoms with Crippen LogP contribution in [0.2, 0.25) is 0 Å². The maximum atomic E-state index is 10.1. The predicted octanol–water partition coefficient (Wildman–Crippen LogP) is 2.58. The first-order valence-electron chi connectivity index (χ1n) is 9.09. The first kappa shape index (κ1) is 23.0. The van der Waals surface area contributed by atoms with Crippen LogP contribution >= 0.6 is 22.7 Å². The lowest BCUT2D eigenvalue weighted by Gasteiger charge is -2.28. The predicted molar refractivity (Wildman–Crippen MR) is 112 cm³/mol. The van der Waals surface area contributed by atoms with Gasteiger partial charge in [-0.3, -0.25) is 0 Å². The van der Waals surface area contributed by atoms with E-state index in [0.717, 1.165) is 29.9 Å². The molecule has 1 aliphatic rings. The van der Waals surface area contributed by atoms with Gasteiger partial charge in [-0.2, -0.15) is 22.7 Å². The number of hydrogen-bond donors (Lipinski definition) is 3. The lowest BCUT2D eigenvalue weighted by atomic mass is 10.1. The number of rotatable bonds is 7. The van der Waals surface area contributed by atoms with E-state index in [0.29, 0.717) is 6.54 Å². The quantitative estimate of drug-likeness (QED) is 0.344. The molecule has 3 N–H and O–H groups in total. The van der Waals surface area contributed by atoms with Crippen LogP contribution in [0.4, 0.5) is 0 Å². The summed E-state index contributed by atoms with van der Waals surface area (Å²) in [6, 6.07) is 4.07. The molecule has 1 saturated heterocycles. The summed E-state index contributed by atoms with van der Waals surface area (Å²) in [4.78, 5) is 26.0. The van der Waals surface area contributed by atoms with Gasteiger partial charge in [0.05, 0.1) is 0 Å². The Kier molecular flexibility index (Phi) is 9.78. The van der Waals surface area contributed by atoms with Crippen molar-refractivity contribution in [2.45, 2.75) is 25.4 Å². The molecule has 0 saturated carbocycles. The number of piperidine rings is 1. The average Bonchev–Trinajstić information content (AvgIpc) is 3.41. The van der Waals surface area contributed by atoms with Crippen molar-refractivity contribution in [3.8, 4) is 0 Å². The Morgan fingerprint density at radius 1 is 1.03 bits per heavy atom. The number of hydrogen-bond acceptors (Lipinski definition) is 8. The summed E-state index contributed by atoms with van der Waals surface area (Å²) in [6.07, 6.45) is 3.26. The van der Waals surface area contributed by atoms with Crippen LogP contribution in [0.5, 0.6) is 0 Å². The van der Waals surface area contributed by atoms with E-state index in [-0.39, 0.29) is 6.61 Å². The monoisotopic (exact) mass is 440 g/mol. The first-order chi connectivity index (χ1) is 14.0. The average molecular weight is 441 g/mol. The van der Waals surface area contributed by atoms with Crippen LogP contribution in [-0.2, 0) is 14.4 Å². The van der Waals surface area contributed by atoms with Crippen molar-refractivity contribution in [3.05, 3.63) is 44.8 Å². The van der Waals surface area contributed by atoms with Crippen LogP contribution in [0.3, 0.4) is 0 Å². The molecule has 3 rings (SSSR count). The Morgan fingerprint density at radius 2 is 1.59 bits per heavy atom. The molecule has 10 heteroatoms. The van der Waals surface area contributed by atoms with E-state index in [1.807, 2.05) is 22.9 Å². The summed E-state index contributed by atoms with van der Waals surface area (Å²) in [5, 5.41) is 37.4. The number of carbonyl (C=O) groups is 2. The largest absolute Gasteiger partial charge is 0.473 e. The number of β-amino-alcohol motifs (C(OH)–C–C–N with tert-alkyl or cyclic N) is 1. The molecule has 0 spiro atoms. The smallest absolute Gasteiger partial charge is 0.414 e. The van der Waals surface area contributed by atoms with Gasteiger partial charge in [-0.1, -0.05) is 11.6 Å². The van der Waals surface area contributed by atoms with Crippen molar-refractivity contribution in [3.63, 3.8) is 0 Å². The lowest BCUT2D eigenvalue weighted by molar-refractivity contribution is -0.159. The summed E-state index contributed by atoms with van der Waals surface area (Å²) in [5.41, 5.74) is 2.94. The van der Waals surface area contributed by atoms with Crippen LogP contribution in [0.15, 0.2) is 38.8 Å². The molecule has 1 fully saturated rings. The second kappa shape index (κ2) is 12.3. The zero-order chi connectivity index (χ0) is 21.1. The highest BCUT2D eigenvalue weighted by Crippen LogP contribution is 2.17. The molecule has 8 nitrogen and oxygen atoms in total. The van der Waals surface area contributed by atoms with Gasteiger partial charge >= 0.3 is 11.9 Å². The third-order valence-corrected chi connectivity index (χ3v) is 5.48. The standard InChI is InChI=1S/C17H22N2O2S2.C2H2O4/c20-16(10-19-6-2-1-3-7-19)11-21-18-17(14-4-8-22-12-14)15-5-9-23-13-15;3-1(4)2(5)6/h4-5,8-9,12-13,16,20H,1-3,6-7,10-11H2;(H,3,4)(H,5,6). The van der Waals surface area contributed by atoms with E-state index >= 15 is 0 Å². The molecule has 0 bridgehead atoms. The third-order valence-electron chi connectivity index (χ3n) is 4.11. The zero-order valence-corrected chi connectivity index (χ0v) is 17.4. The van der Waals surface area contributed by atoms with Gasteiger partial charge in [-0.15, -0.1) is 0 Å². The number of likely N-dealkylation sites (tertiary alicyclic amines) is 1. The Bertz CT molecular complexity index is 722. The van der Waals surface area contributed by atoms with E-state index in [1.54, 1.807) is 22.7 Å². The van der Waals surface area contributed by atoms with Gasteiger partial charge < -0.3 is 25.1 Å². The highest BCUT2D eigenvalue weighted by atomic mass is 32.1. The van der Waals surface area contributed by atoms with E-state index in [4.69, 9.17) is 24.6 Å². The molecule has 0 amide bonds. The Labute approximate surface area is 176 Å². The fraction of sp³-hybridized carbons (Fsp3) is 0.421. The van der Waals surface area contributed by atoms with Crippen LogP contribution in [0, 0.1) is 0 Å². The number of carboxylic acids is 2. The molecule has 0 aromatic carbocycles. The van der Waals surface area contributed by atoms with E-state index in [1.165, 1.54) is 19.3 Å². The molecule has 2 aromatic heterocycles. The molecule has 158 valence electrons. The molecular formula is C19H24N2O6S2. The fourth-order valence-electron chi connectivity index (χ4n) is 2.75. The summed E-state index contributed by atoms with van der Waals surface area (Å²) < 4.78 is 0. The topological polar surface area (TPSA) is 120 Å². The summed E-state index contributed by atoms with van der Waals surface area (Å²) in [6.45, 7) is 3.06. The molecule has 1 aliphatic heterocycles. The highest BCUT2D eigenvalue weighted by Gasteiger charge is 2.15. The number of oxime groups is 1. The Morgan fingerprint density at radius 3 is 2.03 bits per heavy atom. The van der Waals surface area contributed by atoms with Gasteiger partial charge in [0.15, 0.2) is 0 Å². The Hall–Kier alpha value is -2.27. The Balaban J connectivity index is 0.000000438. The second-order valence-electron chi connectivity index (χ2n) is 6.39. The van der Waals surface area contributed by atoms with Gasteiger partial charge in [-0.25, -0.2) is 9.59 Å². The summed E-state index contributed by atoms with van der Waals surface area (Å²) >= 11 is 3.28. The fourth-order valence-corrected chi connectivity index (χ4v) is 4.03. The van der Waals surface area contributed by atoms with Crippen LogP contribution in [0.25, 0.3) is 0 Å². The van der Waals surface area contributed by atoms with Gasteiger partial charge in [0.1, 0.15) is 18.4 Å². The van der Waals surface area contributed by atoms with Crippen molar-refractivity contribution in [1.82, 2.24) is 4.90 Å². The molecule has 2 aromatic rings. The lowest BCUT2D eigenvalue weighted by Crippen LogP contribution is -2.38. The minimum atomic E-state index is -1.82. The van der Waals surface area contributed by atoms with Gasteiger partial charge in [-0.05, 0) is 48.8 Å². The first-order valence-corrected chi connectivity index (χ1v) is 11.0. The third kappa shape index (κ3) is 8.32. The number of aliphatic carboxylic acids is 2. The highest BCUT2D eigenvalue weighted by molar-refractivity contribution is 7.08. The molecule has 0 radical (unpaired) electrons. The molecule has 0 aliphatic carbocycles. The van der Waals surface area contributed by atoms with Crippen molar-refractivity contribution in [2.24, 2.45) is 5.16 Å². The van der Waals surface area contributed by atoms with Crippen molar-refractivity contribution >= 4 is 40.3 Å². The number of aliphatic hydroxyl groups excluding tert-OH is 1. The summed E-state index contributed by atoms with van der Waals surface area (Å²) in [5.74, 6) is -3.65. The number of thiophene rings is 2. The normalized spacial score (nSPS) is 14.9. The van der Waals surface area contributed by atoms with E-state index in [2.05, 4.69) is 20.8 Å². The number of carboxylic acid groups (broad SMARTS) is 2. The van der Waals surface area contributed by atoms with Gasteiger partial charge in [0.25, 0.3) is 0 Å². The van der Waals surface area contributed by atoms with Gasteiger partial charge in [0.2, 0.25) is 0 Å². The summed E-state index contributed by atoms with van der Waals surface area (Å²) in [7, 11) is 0. The van der Waals surface area contributed by atoms with Crippen LogP contribution in [0.1, 0.15) is 30.4 Å². The molecule has 1 unspecified atom stereocenters.